The molecule has 5 nitrogen and oxygen atoms in total. The number of rotatable bonds is 2. The topological polar surface area (TPSA) is 58.6 Å². The number of carbonyl (C=O) groups is 2. The van der Waals surface area contributed by atoms with Gasteiger partial charge in [-0.2, -0.15) is 0 Å². The molecule has 1 aliphatic heterocycles. The van der Waals surface area contributed by atoms with E-state index in [4.69, 9.17) is 4.74 Å². The Balaban J connectivity index is 2.17. The summed E-state index contributed by atoms with van der Waals surface area (Å²) in [6, 6.07) is 12.6. The molecule has 112 valence electrons. The number of hydrogen-bond donors (Lipinski definition) is 1. The molecule has 0 saturated carbocycles. The summed E-state index contributed by atoms with van der Waals surface area (Å²) in [5.41, 5.74) is 3.33. The highest BCUT2D eigenvalue weighted by atomic mass is 16.5. The second kappa shape index (κ2) is 5.52. The first-order valence-electron chi connectivity index (χ1n) is 7.06. The van der Waals surface area contributed by atoms with Gasteiger partial charge in [0.05, 0.1) is 35.3 Å². The van der Waals surface area contributed by atoms with Crippen LogP contribution in [0, 0.1) is 0 Å². The number of nitrogens with zero attached hydrogens (tertiary/aromatic N) is 1. The van der Waals surface area contributed by atoms with Crippen LogP contribution in [-0.4, -0.2) is 25.5 Å². The van der Waals surface area contributed by atoms with Crippen LogP contribution >= 0.6 is 0 Å². The maximum Gasteiger partial charge on any atom is 0.337 e. The Morgan fingerprint density at radius 2 is 1.95 bits per heavy atom. The molecule has 3 rings (SSSR count). The van der Waals surface area contributed by atoms with E-state index in [-0.39, 0.29) is 5.91 Å². The van der Waals surface area contributed by atoms with E-state index in [1.54, 1.807) is 18.2 Å². The second-order valence-electron chi connectivity index (χ2n) is 4.94. The Kier molecular flexibility index (Phi) is 3.55. The van der Waals surface area contributed by atoms with E-state index in [9.17, 15) is 9.59 Å². The van der Waals surface area contributed by atoms with E-state index in [0.717, 1.165) is 11.4 Å². The van der Waals surface area contributed by atoms with Crippen molar-refractivity contribution in [3.05, 3.63) is 53.6 Å². The Bertz CT molecular complexity index is 755. The van der Waals surface area contributed by atoms with Crippen LogP contribution < -0.4 is 10.2 Å². The summed E-state index contributed by atoms with van der Waals surface area (Å²) in [7, 11) is 1.33. The maximum atomic E-state index is 12.4. The van der Waals surface area contributed by atoms with Crippen molar-refractivity contribution in [2.75, 3.05) is 23.9 Å². The fourth-order valence-corrected chi connectivity index (χ4v) is 2.68. The molecule has 1 aliphatic rings. The Morgan fingerprint density at radius 3 is 2.68 bits per heavy atom. The van der Waals surface area contributed by atoms with Gasteiger partial charge in [0.1, 0.15) is 0 Å². The standard InChI is InChI=1S/C17H16N2O3/c1-3-19-14-7-5-4-6-12(14)16(20)18-13-10-11(17(21)22-2)8-9-15(13)19/h4-10H,3H2,1-2H3,(H,18,20). The van der Waals surface area contributed by atoms with Gasteiger partial charge in [0, 0.05) is 6.54 Å². The smallest absolute Gasteiger partial charge is 0.337 e. The third-order valence-electron chi connectivity index (χ3n) is 3.71. The van der Waals surface area contributed by atoms with Gasteiger partial charge in [0.15, 0.2) is 0 Å². The van der Waals surface area contributed by atoms with Crippen molar-refractivity contribution < 1.29 is 14.3 Å². The highest BCUT2D eigenvalue weighted by molar-refractivity contribution is 6.13. The van der Waals surface area contributed by atoms with E-state index >= 15 is 0 Å². The number of hydrogen-bond acceptors (Lipinski definition) is 4. The molecule has 0 aromatic heterocycles. The molecule has 0 unspecified atom stereocenters. The molecule has 0 aliphatic carbocycles. The lowest BCUT2D eigenvalue weighted by Crippen LogP contribution is -2.17. The third-order valence-corrected chi connectivity index (χ3v) is 3.71. The summed E-state index contributed by atoms with van der Waals surface area (Å²) in [6.45, 7) is 2.72. The minimum Gasteiger partial charge on any atom is -0.465 e. The molecule has 0 bridgehead atoms. The van der Waals surface area contributed by atoms with Crippen LogP contribution in [0.15, 0.2) is 42.5 Å². The van der Waals surface area contributed by atoms with Crippen LogP contribution in [0.3, 0.4) is 0 Å². The van der Waals surface area contributed by atoms with Crippen molar-refractivity contribution in [3.63, 3.8) is 0 Å². The third kappa shape index (κ3) is 2.20. The minimum atomic E-state index is -0.429. The molecule has 0 fully saturated rings. The lowest BCUT2D eigenvalue weighted by atomic mass is 10.1. The van der Waals surface area contributed by atoms with Crippen molar-refractivity contribution in [2.45, 2.75) is 6.92 Å². The number of anilines is 3. The maximum absolute atomic E-state index is 12.4. The monoisotopic (exact) mass is 296 g/mol. The molecule has 1 heterocycles. The predicted octanol–water partition coefficient (Wildman–Crippen LogP) is 3.20. The molecule has 1 amide bonds. The highest BCUT2D eigenvalue weighted by Gasteiger charge is 2.24. The van der Waals surface area contributed by atoms with Gasteiger partial charge < -0.3 is 15.0 Å². The molecule has 0 atom stereocenters. The molecule has 22 heavy (non-hydrogen) atoms. The minimum absolute atomic E-state index is 0.185. The van der Waals surface area contributed by atoms with Crippen LogP contribution in [0.1, 0.15) is 27.6 Å². The number of fused-ring (bicyclic) bond motifs is 2. The fraction of sp³-hybridized carbons (Fsp3) is 0.176. The van der Waals surface area contributed by atoms with Crippen LogP contribution in [-0.2, 0) is 4.74 Å². The van der Waals surface area contributed by atoms with Gasteiger partial charge in [-0.1, -0.05) is 12.1 Å². The number of ether oxygens (including phenoxy) is 1. The first-order chi connectivity index (χ1) is 10.7. The average Bonchev–Trinajstić information content (AvgIpc) is 2.67. The molecule has 2 aromatic carbocycles. The summed E-state index contributed by atoms with van der Waals surface area (Å²) in [5.74, 6) is -0.614. The SMILES string of the molecule is CCN1c2ccc(C(=O)OC)cc2NC(=O)c2ccccc21. The first kappa shape index (κ1) is 14.1. The zero-order valence-electron chi connectivity index (χ0n) is 12.4. The number of esters is 1. The van der Waals surface area contributed by atoms with Crippen LogP contribution in [0.4, 0.5) is 17.1 Å². The second-order valence-corrected chi connectivity index (χ2v) is 4.94. The number of methoxy groups -OCH3 is 1. The zero-order chi connectivity index (χ0) is 15.7. The Morgan fingerprint density at radius 1 is 1.18 bits per heavy atom. The highest BCUT2D eigenvalue weighted by Crippen LogP contribution is 2.38. The van der Waals surface area contributed by atoms with Crippen LogP contribution in [0.5, 0.6) is 0 Å². The first-order valence-corrected chi connectivity index (χ1v) is 7.06. The molecule has 1 N–H and O–H groups in total. The predicted molar refractivity (Wildman–Crippen MR) is 84.9 cm³/mol. The van der Waals surface area contributed by atoms with Crippen molar-refractivity contribution in [2.24, 2.45) is 0 Å². The number of amides is 1. The van der Waals surface area contributed by atoms with Gasteiger partial charge in [-0.15, -0.1) is 0 Å². The Labute approximate surface area is 128 Å². The van der Waals surface area contributed by atoms with Gasteiger partial charge in [0.2, 0.25) is 0 Å². The fourth-order valence-electron chi connectivity index (χ4n) is 2.68. The van der Waals surface area contributed by atoms with Crippen molar-refractivity contribution in [1.29, 1.82) is 0 Å². The van der Waals surface area contributed by atoms with Crippen molar-refractivity contribution in [3.8, 4) is 0 Å². The summed E-state index contributed by atoms with van der Waals surface area (Å²) < 4.78 is 4.74. The van der Waals surface area contributed by atoms with Crippen molar-refractivity contribution in [1.82, 2.24) is 0 Å². The Hall–Kier alpha value is -2.82. The van der Waals surface area contributed by atoms with Crippen LogP contribution in [0.25, 0.3) is 0 Å². The van der Waals surface area contributed by atoms with Gasteiger partial charge in [0.25, 0.3) is 5.91 Å². The number of para-hydroxylation sites is 1. The molecule has 2 aromatic rings. The van der Waals surface area contributed by atoms with E-state index < -0.39 is 5.97 Å². The number of nitrogens with one attached hydrogen (secondary N) is 1. The summed E-state index contributed by atoms with van der Waals surface area (Å²) in [5, 5.41) is 2.87. The molecule has 0 radical (unpaired) electrons. The normalized spacial score (nSPS) is 12.8. The van der Waals surface area contributed by atoms with E-state index in [0.29, 0.717) is 23.4 Å². The molecular weight excluding hydrogens is 280 g/mol. The van der Waals surface area contributed by atoms with Gasteiger partial charge in [-0.25, -0.2) is 4.79 Å². The van der Waals surface area contributed by atoms with Gasteiger partial charge >= 0.3 is 5.97 Å². The van der Waals surface area contributed by atoms with Gasteiger partial charge in [-0.05, 0) is 37.3 Å². The van der Waals surface area contributed by atoms with Crippen molar-refractivity contribution >= 4 is 28.9 Å². The average molecular weight is 296 g/mol. The lowest BCUT2D eigenvalue weighted by molar-refractivity contribution is 0.0600. The summed E-state index contributed by atoms with van der Waals surface area (Å²) in [6.07, 6.45) is 0. The molecule has 0 saturated heterocycles. The summed E-state index contributed by atoms with van der Waals surface area (Å²) >= 11 is 0. The number of carbonyl (C=O) groups excluding carboxylic acids is 2. The lowest BCUT2D eigenvalue weighted by Gasteiger charge is -2.24. The van der Waals surface area contributed by atoms with Crippen LogP contribution in [0.2, 0.25) is 0 Å². The quantitative estimate of drug-likeness (QED) is 0.865. The number of benzene rings is 2. The van der Waals surface area contributed by atoms with Gasteiger partial charge in [-0.3, -0.25) is 4.79 Å². The summed E-state index contributed by atoms with van der Waals surface area (Å²) in [4.78, 5) is 26.2. The van der Waals surface area contributed by atoms with E-state index in [2.05, 4.69) is 5.32 Å². The molecular formula is C17H16N2O3. The molecule has 5 heteroatoms. The van der Waals surface area contributed by atoms with E-state index in [1.807, 2.05) is 36.1 Å². The largest absolute Gasteiger partial charge is 0.465 e. The zero-order valence-corrected chi connectivity index (χ0v) is 12.4. The van der Waals surface area contributed by atoms with E-state index in [1.165, 1.54) is 7.11 Å². The molecule has 0 spiro atoms.